The zero-order valence-corrected chi connectivity index (χ0v) is 11.4. The summed E-state index contributed by atoms with van der Waals surface area (Å²) in [5.74, 6) is 0.389. The minimum absolute atomic E-state index is 0.141. The van der Waals surface area contributed by atoms with E-state index in [1.165, 1.54) is 0 Å². The van der Waals surface area contributed by atoms with E-state index in [9.17, 15) is 4.79 Å². The fourth-order valence-corrected chi connectivity index (χ4v) is 2.25. The predicted octanol–water partition coefficient (Wildman–Crippen LogP) is 1.73. The molecule has 0 heterocycles. The summed E-state index contributed by atoms with van der Waals surface area (Å²) in [6.07, 6.45) is 2.61. The molecule has 0 spiro atoms. The quantitative estimate of drug-likeness (QED) is 0.722. The summed E-state index contributed by atoms with van der Waals surface area (Å²) in [4.78, 5) is 11.9. The number of carbonyl (C=O) groups excluding carboxylic acids is 1. The Labute approximate surface area is 104 Å². The van der Waals surface area contributed by atoms with Gasteiger partial charge in [0.1, 0.15) is 5.54 Å². The molecule has 2 unspecified atom stereocenters. The van der Waals surface area contributed by atoms with Crippen LogP contribution in [-0.2, 0) is 14.3 Å². The lowest BCUT2D eigenvalue weighted by Gasteiger charge is -2.26. The molecule has 0 radical (unpaired) electrons. The number of esters is 1. The Bertz CT molecular complexity index is 255. The fourth-order valence-electron chi connectivity index (χ4n) is 2.25. The lowest BCUT2D eigenvalue weighted by atomic mass is 9.98. The first-order valence-corrected chi connectivity index (χ1v) is 6.51. The second-order valence-corrected chi connectivity index (χ2v) is 5.14. The van der Waals surface area contributed by atoms with Crippen molar-refractivity contribution in [3.8, 4) is 0 Å². The minimum Gasteiger partial charge on any atom is -0.465 e. The molecule has 4 heteroatoms. The molecule has 0 bridgehead atoms. The van der Waals surface area contributed by atoms with Crippen molar-refractivity contribution >= 4 is 5.97 Å². The highest BCUT2D eigenvalue weighted by Gasteiger charge is 2.45. The van der Waals surface area contributed by atoms with Crippen LogP contribution in [0.3, 0.4) is 0 Å². The van der Waals surface area contributed by atoms with Gasteiger partial charge in [0.15, 0.2) is 0 Å². The van der Waals surface area contributed by atoms with E-state index in [0.717, 1.165) is 25.9 Å². The van der Waals surface area contributed by atoms with Gasteiger partial charge in [-0.15, -0.1) is 0 Å². The maximum Gasteiger partial charge on any atom is 0.326 e. The number of likely N-dealkylation sites (N-methyl/N-ethyl adjacent to an activating group) is 1. The van der Waals surface area contributed by atoms with Gasteiger partial charge in [0, 0.05) is 13.0 Å². The molecule has 0 aromatic rings. The van der Waals surface area contributed by atoms with Crippen LogP contribution in [0.5, 0.6) is 0 Å². The van der Waals surface area contributed by atoms with Gasteiger partial charge in [-0.25, -0.2) is 0 Å². The summed E-state index contributed by atoms with van der Waals surface area (Å²) >= 11 is 0. The van der Waals surface area contributed by atoms with Crippen molar-refractivity contribution < 1.29 is 14.3 Å². The minimum atomic E-state index is -0.530. The van der Waals surface area contributed by atoms with Gasteiger partial charge in [-0.1, -0.05) is 13.8 Å². The topological polar surface area (TPSA) is 47.6 Å². The van der Waals surface area contributed by atoms with Crippen molar-refractivity contribution in [1.82, 2.24) is 5.32 Å². The molecule has 0 aromatic carbocycles. The third-order valence-corrected chi connectivity index (χ3v) is 3.28. The van der Waals surface area contributed by atoms with Crippen LogP contribution in [0.4, 0.5) is 0 Å². The number of nitrogens with one attached hydrogen (secondary N) is 1. The fraction of sp³-hybridized carbons (Fsp3) is 0.923. The maximum atomic E-state index is 11.9. The summed E-state index contributed by atoms with van der Waals surface area (Å²) in [6, 6.07) is 0. The Morgan fingerprint density at radius 1 is 1.53 bits per heavy atom. The van der Waals surface area contributed by atoms with Crippen LogP contribution >= 0.6 is 0 Å². The molecule has 1 aliphatic carbocycles. The van der Waals surface area contributed by atoms with Gasteiger partial charge in [-0.2, -0.15) is 0 Å². The molecule has 1 fully saturated rings. The molecule has 0 amide bonds. The zero-order valence-electron chi connectivity index (χ0n) is 11.4. The molecule has 100 valence electrons. The first kappa shape index (κ1) is 14.5. The summed E-state index contributed by atoms with van der Waals surface area (Å²) in [5.41, 5.74) is -0.530. The first-order chi connectivity index (χ1) is 8.04. The molecule has 1 rings (SSSR count). The number of rotatable bonds is 6. The first-order valence-electron chi connectivity index (χ1n) is 6.51. The highest BCUT2D eigenvalue weighted by atomic mass is 16.5. The van der Waals surface area contributed by atoms with Crippen molar-refractivity contribution in [2.45, 2.75) is 51.7 Å². The van der Waals surface area contributed by atoms with Crippen LogP contribution < -0.4 is 5.32 Å². The molecule has 17 heavy (non-hydrogen) atoms. The normalized spacial score (nSPS) is 28.6. The Kier molecular flexibility index (Phi) is 5.40. The van der Waals surface area contributed by atoms with Gasteiger partial charge in [-0.3, -0.25) is 4.79 Å². The Balaban J connectivity index is 2.51. The summed E-state index contributed by atoms with van der Waals surface area (Å²) in [7, 11) is 1.82. The van der Waals surface area contributed by atoms with E-state index in [0.29, 0.717) is 12.5 Å². The molecule has 1 aliphatic rings. The third-order valence-electron chi connectivity index (χ3n) is 3.28. The SMILES string of the molecule is CCOC(=O)C1(NC)CCC(OCC(C)C)C1. The zero-order chi connectivity index (χ0) is 12.9. The van der Waals surface area contributed by atoms with E-state index in [1.54, 1.807) is 0 Å². The van der Waals surface area contributed by atoms with E-state index in [2.05, 4.69) is 19.2 Å². The molecule has 4 nitrogen and oxygen atoms in total. The molecule has 1 N–H and O–H groups in total. The van der Waals surface area contributed by atoms with Crippen LogP contribution in [0.1, 0.15) is 40.0 Å². The second-order valence-electron chi connectivity index (χ2n) is 5.14. The Hall–Kier alpha value is -0.610. The molecule has 0 aromatic heterocycles. The molecule has 1 saturated carbocycles. The van der Waals surface area contributed by atoms with Crippen molar-refractivity contribution in [2.75, 3.05) is 20.3 Å². The third kappa shape index (κ3) is 3.68. The maximum absolute atomic E-state index is 11.9. The molecule has 0 saturated heterocycles. The van der Waals surface area contributed by atoms with Gasteiger partial charge >= 0.3 is 5.97 Å². The van der Waals surface area contributed by atoms with Crippen LogP contribution in [0, 0.1) is 5.92 Å². The number of hydrogen-bond donors (Lipinski definition) is 1. The Morgan fingerprint density at radius 2 is 2.24 bits per heavy atom. The highest BCUT2D eigenvalue weighted by Crippen LogP contribution is 2.33. The number of hydrogen-bond acceptors (Lipinski definition) is 4. The smallest absolute Gasteiger partial charge is 0.326 e. The van der Waals surface area contributed by atoms with Gasteiger partial charge < -0.3 is 14.8 Å². The van der Waals surface area contributed by atoms with E-state index >= 15 is 0 Å². The lowest BCUT2D eigenvalue weighted by molar-refractivity contribution is -0.151. The van der Waals surface area contributed by atoms with Crippen molar-refractivity contribution in [3.63, 3.8) is 0 Å². The van der Waals surface area contributed by atoms with Crippen molar-refractivity contribution in [2.24, 2.45) is 5.92 Å². The Morgan fingerprint density at radius 3 is 2.76 bits per heavy atom. The van der Waals surface area contributed by atoms with E-state index < -0.39 is 5.54 Å². The van der Waals surface area contributed by atoms with Gasteiger partial charge in [0.25, 0.3) is 0 Å². The highest BCUT2D eigenvalue weighted by molar-refractivity contribution is 5.81. The van der Waals surface area contributed by atoms with Gasteiger partial charge in [-0.05, 0) is 32.7 Å². The average Bonchev–Trinajstić information content (AvgIpc) is 2.71. The standard InChI is InChI=1S/C13H25NO3/c1-5-16-12(15)13(14-4)7-6-11(8-13)17-9-10(2)3/h10-11,14H,5-9H2,1-4H3. The van der Waals surface area contributed by atoms with Crippen molar-refractivity contribution in [1.29, 1.82) is 0 Å². The van der Waals surface area contributed by atoms with Crippen LogP contribution in [-0.4, -0.2) is 37.9 Å². The van der Waals surface area contributed by atoms with Crippen LogP contribution in [0.2, 0.25) is 0 Å². The second kappa shape index (κ2) is 6.36. The molecule has 0 aliphatic heterocycles. The van der Waals surface area contributed by atoms with Gasteiger partial charge in [0.05, 0.1) is 12.7 Å². The monoisotopic (exact) mass is 243 g/mol. The van der Waals surface area contributed by atoms with E-state index in [-0.39, 0.29) is 12.1 Å². The van der Waals surface area contributed by atoms with Gasteiger partial charge in [0.2, 0.25) is 0 Å². The average molecular weight is 243 g/mol. The molecule has 2 atom stereocenters. The lowest BCUT2D eigenvalue weighted by Crippen LogP contribution is -2.49. The van der Waals surface area contributed by atoms with E-state index in [1.807, 2.05) is 14.0 Å². The largest absolute Gasteiger partial charge is 0.465 e. The number of ether oxygens (including phenoxy) is 2. The predicted molar refractivity (Wildman–Crippen MR) is 66.9 cm³/mol. The molecular formula is C13H25NO3. The number of carbonyl (C=O) groups is 1. The summed E-state index contributed by atoms with van der Waals surface area (Å²) < 4.78 is 10.9. The molecular weight excluding hydrogens is 218 g/mol. The van der Waals surface area contributed by atoms with E-state index in [4.69, 9.17) is 9.47 Å². The summed E-state index contributed by atoms with van der Waals surface area (Å²) in [6.45, 7) is 7.28. The van der Waals surface area contributed by atoms with Crippen LogP contribution in [0.25, 0.3) is 0 Å². The summed E-state index contributed by atoms with van der Waals surface area (Å²) in [5, 5.41) is 3.13. The van der Waals surface area contributed by atoms with Crippen LogP contribution in [0.15, 0.2) is 0 Å². The van der Waals surface area contributed by atoms with Crippen molar-refractivity contribution in [3.05, 3.63) is 0 Å².